The Bertz CT molecular complexity index is 99.1. The van der Waals surface area contributed by atoms with E-state index in [1.807, 2.05) is 0 Å². The van der Waals surface area contributed by atoms with Gasteiger partial charge in [-0.1, -0.05) is 32.6 Å². The van der Waals surface area contributed by atoms with Crippen LogP contribution in [-0.2, 0) is 4.79 Å². The fraction of sp³-hybridized carbons (Fsp3) is 0.750. The topological polar surface area (TPSA) is 37.3 Å². The predicted octanol–water partition coefficient (Wildman–Crippen LogP) is 2.55. The molecule has 0 heterocycles. The van der Waals surface area contributed by atoms with Crippen LogP contribution in [0.2, 0.25) is 0 Å². The number of unbranched alkanes of at least 4 members (excludes halogenated alkanes) is 4. The van der Waals surface area contributed by atoms with Crippen LogP contribution in [0.1, 0.15) is 39.0 Å². The molecule has 2 nitrogen and oxygen atoms in total. The molecule has 0 aliphatic rings. The zero-order valence-corrected chi connectivity index (χ0v) is 11.7. The number of carbonyl (C=O) groups is 1. The summed E-state index contributed by atoms with van der Waals surface area (Å²) in [4.78, 5) is 9.98. The van der Waals surface area contributed by atoms with Gasteiger partial charge in [-0.05, 0) is 6.42 Å². The Morgan fingerprint density at radius 3 is 2.42 bits per heavy atom. The zero-order chi connectivity index (χ0) is 9.82. The first-order valence-corrected chi connectivity index (χ1v) is 8.51. The van der Waals surface area contributed by atoms with Gasteiger partial charge in [-0.15, -0.1) is 0 Å². The summed E-state index contributed by atoms with van der Waals surface area (Å²) >= 11 is 0.535. The van der Waals surface area contributed by atoms with Crippen LogP contribution in [-0.4, -0.2) is 58.2 Å². The summed E-state index contributed by atoms with van der Waals surface area (Å²) in [5.74, 6) is -0.795. The monoisotopic (exact) mass is 217 g/mol. The van der Waals surface area contributed by atoms with Crippen molar-refractivity contribution in [2.45, 2.75) is 39.0 Å². The fourth-order valence-corrected chi connectivity index (χ4v) is 0.797. The Kier molecular flexibility index (Phi) is 19.7. The molecule has 0 bridgehead atoms. The van der Waals surface area contributed by atoms with Crippen molar-refractivity contribution in [1.29, 1.82) is 0 Å². The quantitative estimate of drug-likeness (QED) is 0.549. The third-order valence-electron chi connectivity index (χ3n) is 1.38. The molecule has 4 heteroatoms. The molecule has 0 spiro atoms. The second kappa shape index (κ2) is 14.9. The molecule has 1 N–H and O–H groups in total. The van der Waals surface area contributed by atoms with Crippen molar-refractivity contribution in [3.63, 3.8) is 0 Å². The molecule has 0 aliphatic carbocycles. The molecule has 0 aromatic heterocycles. The Balaban J connectivity index is 0. The predicted molar refractivity (Wildman–Crippen MR) is 52.3 cm³/mol. The first-order chi connectivity index (χ1) is 5.77. The SMILES string of the molecule is CCCCCC[CH]C(=O)O.[Cl][K]. The molecule has 0 aromatic carbocycles. The van der Waals surface area contributed by atoms with Crippen LogP contribution >= 0.6 is 3.76 Å². The van der Waals surface area contributed by atoms with Gasteiger partial charge in [-0.25, -0.2) is 0 Å². The van der Waals surface area contributed by atoms with Crippen molar-refractivity contribution in [2.24, 2.45) is 0 Å². The van der Waals surface area contributed by atoms with E-state index in [0.29, 0.717) is 47.1 Å². The van der Waals surface area contributed by atoms with Crippen LogP contribution in [0.15, 0.2) is 0 Å². The van der Waals surface area contributed by atoms with Crippen molar-refractivity contribution >= 4 is 56.9 Å². The van der Waals surface area contributed by atoms with E-state index in [1.165, 1.54) is 19.3 Å². The van der Waals surface area contributed by atoms with Crippen molar-refractivity contribution in [3.8, 4) is 0 Å². The van der Waals surface area contributed by atoms with E-state index < -0.39 is 5.97 Å². The summed E-state index contributed by atoms with van der Waals surface area (Å²) in [5.41, 5.74) is 0. The van der Waals surface area contributed by atoms with Crippen molar-refractivity contribution in [1.82, 2.24) is 0 Å². The first-order valence-electron chi connectivity index (χ1n) is 4.21. The molecular formula is C8H15ClKO2. The Hall–Kier alpha value is 1.40. The van der Waals surface area contributed by atoms with Gasteiger partial charge in [0.05, 0.1) is 6.42 Å². The molecule has 0 aliphatic heterocycles. The van der Waals surface area contributed by atoms with Crippen molar-refractivity contribution in [2.75, 3.05) is 0 Å². The standard InChI is InChI=1S/C8H15O2.ClH.K/c1-2-3-4-5-6-7-8(9)10;;/h7H,2-6H2,1H3,(H,9,10);1H;/q;;+1/p-1. The van der Waals surface area contributed by atoms with Crippen LogP contribution in [0.25, 0.3) is 0 Å². The second-order valence-corrected chi connectivity index (χ2v) is 2.39. The molecular weight excluding hydrogens is 203 g/mol. The summed E-state index contributed by atoms with van der Waals surface area (Å²) in [6.45, 7) is 2.14. The van der Waals surface area contributed by atoms with Gasteiger partial charge in [0.25, 0.3) is 0 Å². The molecule has 12 heavy (non-hydrogen) atoms. The van der Waals surface area contributed by atoms with Crippen molar-refractivity contribution < 1.29 is 9.90 Å². The van der Waals surface area contributed by atoms with Gasteiger partial charge >= 0.3 is 56.9 Å². The maximum atomic E-state index is 9.98. The summed E-state index contributed by atoms with van der Waals surface area (Å²) in [6, 6.07) is 0. The summed E-state index contributed by atoms with van der Waals surface area (Å²) in [5, 5.41) is 8.21. The van der Waals surface area contributed by atoms with Crippen LogP contribution in [0, 0.1) is 6.42 Å². The summed E-state index contributed by atoms with van der Waals surface area (Å²) in [6.07, 6.45) is 6.63. The number of halogens is 1. The second-order valence-electron chi connectivity index (χ2n) is 2.39. The molecule has 0 atom stereocenters. The van der Waals surface area contributed by atoms with Crippen LogP contribution < -0.4 is 0 Å². The molecule has 0 saturated carbocycles. The van der Waals surface area contributed by atoms with Gasteiger partial charge in [0.15, 0.2) is 0 Å². The number of carboxylic acids is 1. The van der Waals surface area contributed by atoms with Gasteiger partial charge < -0.3 is 5.11 Å². The maximum absolute atomic E-state index is 9.98. The number of rotatable bonds is 6. The molecule has 67 valence electrons. The third kappa shape index (κ3) is 17.5. The summed E-state index contributed by atoms with van der Waals surface area (Å²) < 4.78 is 4.83. The molecule has 0 saturated heterocycles. The Morgan fingerprint density at radius 2 is 2.00 bits per heavy atom. The first kappa shape index (κ1) is 15.9. The molecule has 0 fully saturated rings. The molecule has 0 amide bonds. The van der Waals surface area contributed by atoms with Gasteiger partial charge in [-0.3, -0.25) is 4.79 Å². The summed E-state index contributed by atoms with van der Waals surface area (Å²) in [7, 11) is 0. The molecule has 0 aromatic rings. The normalized spacial score (nSPS) is 8.67. The average molecular weight is 218 g/mol. The van der Waals surface area contributed by atoms with E-state index in [4.69, 9.17) is 8.87 Å². The van der Waals surface area contributed by atoms with E-state index in [-0.39, 0.29) is 0 Å². The van der Waals surface area contributed by atoms with E-state index >= 15 is 0 Å². The van der Waals surface area contributed by atoms with Gasteiger partial charge in [0.1, 0.15) is 0 Å². The minimum atomic E-state index is -0.795. The average Bonchev–Trinajstić information content (AvgIpc) is 2.07. The molecule has 0 rings (SSSR count). The van der Waals surface area contributed by atoms with Crippen molar-refractivity contribution in [3.05, 3.63) is 6.42 Å². The fourth-order valence-electron chi connectivity index (χ4n) is 0.797. The number of carboxylic acid groups (broad SMARTS) is 1. The number of hydrogen-bond donors (Lipinski definition) is 1. The Morgan fingerprint density at radius 1 is 1.42 bits per heavy atom. The molecule has 0 unspecified atom stereocenters. The van der Waals surface area contributed by atoms with Crippen LogP contribution in [0.4, 0.5) is 0 Å². The molecule has 1 radical (unpaired) electrons. The van der Waals surface area contributed by atoms with E-state index in [2.05, 4.69) is 6.92 Å². The zero-order valence-electron chi connectivity index (χ0n) is 7.85. The van der Waals surface area contributed by atoms with E-state index in [9.17, 15) is 4.79 Å². The van der Waals surface area contributed by atoms with Crippen LogP contribution in [0.3, 0.4) is 0 Å². The number of hydrogen-bond acceptors (Lipinski definition) is 1. The third-order valence-corrected chi connectivity index (χ3v) is 1.38. The minimum absolute atomic E-state index is 0.535. The van der Waals surface area contributed by atoms with Gasteiger partial charge in [0.2, 0.25) is 0 Å². The number of aliphatic carboxylic acids is 1. The Labute approximate surface area is 110 Å². The van der Waals surface area contributed by atoms with E-state index in [0.717, 1.165) is 19.3 Å². The van der Waals surface area contributed by atoms with Gasteiger partial charge in [-0.2, -0.15) is 0 Å². The van der Waals surface area contributed by atoms with E-state index in [1.54, 1.807) is 0 Å². The van der Waals surface area contributed by atoms with Gasteiger partial charge in [0, 0.05) is 0 Å². The van der Waals surface area contributed by atoms with Crippen LogP contribution in [0.5, 0.6) is 0 Å².